The Morgan fingerprint density at radius 2 is 1.16 bits per heavy atom. The fourth-order valence-corrected chi connectivity index (χ4v) is 11.2. The normalized spacial score (nSPS) is 14.9. The van der Waals surface area contributed by atoms with Gasteiger partial charge >= 0.3 is 199 Å². The van der Waals surface area contributed by atoms with Crippen molar-refractivity contribution in [3.63, 3.8) is 0 Å². The second-order valence-corrected chi connectivity index (χ2v) is 25.4. The molecule has 2 radical (unpaired) electrons. The van der Waals surface area contributed by atoms with Crippen LogP contribution in [0, 0.1) is 6.92 Å². The van der Waals surface area contributed by atoms with Crippen LogP contribution in [0.25, 0.3) is 0 Å². The summed E-state index contributed by atoms with van der Waals surface area (Å²) in [6.07, 6.45) is 0.859. The van der Waals surface area contributed by atoms with Gasteiger partial charge in [-0.05, 0) is 80.8 Å². The SMILES string of the molecule is Cc1nnc(NC(=O)CCCc2cn(CCCC[C@H](NC(=O)C[C@H](NC(=O)C[C@H](NC(=O)CCC(C)(c3ccc(O)cc3)c3ccc(O)cc3)C(=O)O)C(=O)O)C(=O)NCCOCCOCCNC(=O)CN3CCN(COC=O)CCN(COC=O)CCN(CC(O)[O][111In])CC3)nn2)s1. The summed E-state index contributed by atoms with van der Waals surface area (Å²) in [4.78, 5) is 134. The van der Waals surface area contributed by atoms with Gasteiger partial charge in [0.2, 0.25) is 34.7 Å². The molecule has 2 aromatic heterocycles. The minimum Gasteiger partial charge on any atom is -0.135 e. The van der Waals surface area contributed by atoms with E-state index in [1.807, 2.05) is 26.5 Å². The van der Waals surface area contributed by atoms with Crippen molar-refractivity contribution in [3.05, 3.63) is 76.6 Å². The minimum atomic E-state index is -1.89. The number of carboxylic acids is 2. The number of benzene rings is 2. The summed E-state index contributed by atoms with van der Waals surface area (Å²) in [5.74, 6) is -7.15. The number of aromatic nitrogens is 5. The molecule has 1 aliphatic heterocycles. The molecule has 99 heavy (non-hydrogen) atoms. The number of β-amino-alcohol motifs (C(OH)–C–C–N with tert-alkyl or cyclic N) is 1. The van der Waals surface area contributed by atoms with E-state index in [-0.39, 0.29) is 115 Å². The number of nitrogens with zero attached hydrogens (tertiary/aromatic N) is 9. The number of hydrogen-bond acceptors (Lipinski definition) is 27. The summed E-state index contributed by atoms with van der Waals surface area (Å²) in [6.45, 7) is 9.35. The molecular formula is C62H90InN15O20S. The molecule has 6 amide bonds. The molecule has 1 fully saturated rings. The van der Waals surface area contributed by atoms with Crippen molar-refractivity contribution >= 4 is 102 Å². The largest absolute Gasteiger partial charge is 0.135 e. The predicted octanol–water partition coefficient (Wildman–Crippen LogP) is -1.66. The van der Waals surface area contributed by atoms with E-state index in [0.29, 0.717) is 144 Å². The van der Waals surface area contributed by atoms with E-state index in [9.17, 15) is 73.5 Å². The van der Waals surface area contributed by atoms with Gasteiger partial charge in [-0.15, -0.1) is 15.3 Å². The van der Waals surface area contributed by atoms with Crippen LogP contribution in [-0.2, 0) is 88.1 Å². The van der Waals surface area contributed by atoms with Gasteiger partial charge in [0.25, 0.3) is 6.47 Å². The molecule has 1 unspecified atom stereocenters. The maximum Gasteiger partial charge on any atom is -0.0672 e. The van der Waals surface area contributed by atoms with E-state index in [2.05, 4.69) is 52.4 Å². The van der Waals surface area contributed by atoms with Gasteiger partial charge in [-0.1, -0.05) is 47.7 Å². The van der Waals surface area contributed by atoms with Gasteiger partial charge in [-0.25, -0.2) is 9.59 Å². The number of phenolic OH excluding ortho intramolecular Hbond substituents is 2. The number of nitrogens with one attached hydrogen (secondary N) is 6. The van der Waals surface area contributed by atoms with Crippen LogP contribution < -0.4 is 31.9 Å². The number of phenols is 2. The number of carboxylic acid groups (broad SMARTS) is 2. The Bertz CT molecular complexity index is 3130. The van der Waals surface area contributed by atoms with Crippen LogP contribution >= 0.6 is 11.3 Å². The summed E-state index contributed by atoms with van der Waals surface area (Å²) in [5, 5.41) is 82.9. The molecule has 0 aliphatic carbocycles. The van der Waals surface area contributed by atoms with Gasteiger partial charge in [0.15, 0.2) is 0 Å². The third-order valence-electron chi connectivity index (χ3n) is 15.9. The predicted molar refractivity (Wildman–Crippen MR) is 353 cm³/mol. The average Bonchev–Trinajstić information content (AvgIpc) is 0.881. The zero-order valence-electron chi connectivity index (χ0n) is 55.5. The van der Waals surface area contributed by atoms with Gasteiger partial charge in [0.1, 0.15) is 34.6 Å². The number of carbonyl (C=O) groups excluding carboxylic acids is 8. The van der Waals surface area contributed by atoms with Crippen molar-refractivity contribution in [2.24, 2.45) is 0 Å². The standard InChI is InChI=1S/C62H90N15O20S.In/c1-43-69-71-61(98-43)68-52(82)8-5-6-46-36-77(72-70-46)21-4-3-7-49(65-54(84)35-51(60(92)93)67-55(85)34-50(59(90)91)66-53(83)17-18-62(2,44-9-13-47(80)14-10-44)45-11-15-48(81)16-12-45)58(89)64-20-31-95-33-32-94-30-19-63-56(86)37-73-22-23-74(38-57(87)88)25-27-76(40-97-42-79)29-28-75(26-24-73)39-96-41-78;/h9-16,36,41-42,49-51,57,80-81,87H,3-8,17-35,37-40H2,1-2H3,(H,63,86)(H,64,89)(H,65,84)(H,66,83)(H,67,85)(H,90,91)(H,92,93)(H,68,71,82);/q-1;+1/t49-,50-,51-,57?;/m0./s1/i;1-4. The van der Waals surface area contributed by atoms with Gasteiger partial charge < -0.3 is 56.5 Å². The molecule has 0 saturated carbocycles. The minimum absolute atomic E-state index is 0.00758. The second-order valence-electron chi connectivity index (χ2n) is 23.4. The van der Waals surface area contributed by atoms with Crippen molar-refractivity contribution in [2.45, 2.75) is 114 Å². The Kier molecular flexibility index (Phi) is 37.0. The van der Waals surface area contributed by atoms with Crippen LogP contribution in [0.4, 0.5) is 5.13 Å². The Labute approximate surface area is 591 Å². The van der Waals surface area contributed by atoms with Crippen molar-refractivity contribution in [1.82, 2.24) is 71.4 Å². The van der Waals surface area contributed by atoms with Crippen LogP contribution in [0.15, 0.2) is 54.7 Å². The first kappa shape index (κ1) is 81.7. The molecule has 4 atom stereocenters. The zero-order chi connectivity index (χ0) is 72.0. The monoisotopic (exact) mass is 1510 g/mol. The number of ether oxygens (including phenoxy) is 4. The third-order valence-corrected chi connectivity index (χ3v) is 17.5. The molecule has 35 nitrogen and oxygen atoms in total. The summed E-state index contributed by atoms with van der Waals surface area (Å²) in [7, 11) is 0. The Morgan fingerprint density at radius 3 is 1.69 bits per heavy atom. The number of amides is 6. The number of anilines is 1. The Hall–Kier alpha value is -8.01. The Morgan fingerprint density at radius 1 is 0.636 bits per heavy atom. The van der Waals surface area contributed by atoms with Crippen molar-refractivity contribution in [1.29, 1.82) is 0 Å². The van der Waals surface area contributed by atoms with Crippen molar-refractivity contribution in [2.75, 3.05) is 124 Å². The number of aromatic hydroxyl groups is 2. The fraction of sp³-hybridized carbons (Fsp3) is 0.581. The van der Waals surface area contributed by atoms with E-state index < -0.39 is 78.2 Å². The van der Waals surface area contributed by atoms with Crippen molar-refractivity contribution < 1.29 is 95.3 Å². The number of aliphatic hydroxyl groups excluding tert-OH is 1. The smallest absolute Gasteiger partial charge is 0.0672 e. The summed E-state index contributed by atoms with van der Waals surface area (Å²) < 4.78 is 28.2. The summed E-state index contributed by atoms with van der Waals surface area (Å²) in [5.41, 5.74) is 1.17. The molecule has 2 aromatic carbocycles. The molecule has 1 saturated heterocycles. The topological polar surface area (TPSA) is 460 Å². The third kappa shape index (κ3) is 31.8. The number of carbonyl (C=O) groups is 10. The average molecular weight is 1510 g/mol. The number of rotatable bonds is 45. The number of aliphatic carboxylic acids is 2. The van der Waals surface area contributed by atoms with E-state index in [4.69, 9.17) is 21.8 Å². The zero-order valence-corrected chi connectivity index (χ0v) is 59.6. The summed E-state index contributed by atoms with van der Waals surface area (Å²) in [6, 6.07) is 7.66. The van der Waals surface area contributed by atoms with Gasteiger partial charge in [-0.2, -0.15) is 0 Å². The second kappa shape index (κ2) is 44.9. The van der Waals surface area contributed by atoms with E-state index in [0.717, 1.165) is 5.01 Å². The molecule has 542 valence electrons. The van der Waals surface area contributed by atoms with E-state index in [1.165, 1.54) is 35.6 Å². The van der Waals surface area contributed by atoms with Crippen LogP contribution in [0.3, 0.4) is 0 Å². The molecule has 37 heteroatoms. The molecule has 1 aliphatic rings. The molecule has 0 bridgehead atoms. The molecule has 5 rings (SSSR count). The molecule has 0 spiro atoms. The van der Waals surface area contributed by atoms with Crippen LogP contribution in [0.1, 0.15) is 86.5 Å². The van der Waals surface area contributed by atoms with E-state index in [1.54, 1.807) is 42.1 Å². The fourth-order valence-electron chi connectivity index (χ4n) is 10.4. The van der Waals surface area contributed by atoms with Crippen LogP contribution in [-0.4, -0.2) is 298 Å². The first-order valence-corrected chi connectivity index (χ1v) is 34.4. The number of unbranched alkanes of at least 4 members (excludes halogenated alkanes) is 1. The number of aliphatic hydroxyl groups is 1. The maximum absolute atomic E-state index is 13.7. The van der Waals surface area contributed by atoms with E-state index >= 15 is 0 Å². The first-order chi connectivity index (χ1) is 47.5. The first-order valence-electron chi connectivity index (χ1n) is 32.2. The van der Waals surface area contributed by atoms with Gasteiger partial charge in [0.05, 0.1) is 38.4 Å². The molecular weight excluding hydrogens is 1420 g/mol. The molecule has 4 aromatic rings. The van der Waals surface area contributed by atoms with Crippen LogP contribution in [0.2, 0.25) is 0 Å². The Balaban J connectivity index is 1.10. The summed E-state index contributed by atoms with van der Waals surface area (Å²) >= 11 is 1.66. The van der Waals surface area contributed by atoms with Gasteiger partial charge in [0, 0.05) is 37.5 Å². The van der Waals surface area contributed by atoms with Crippen molar-refractivity contribution in [3.8, 4) is 11.5 Å². The molecule has 11 N–H and O–H groups in total. The quantitative estimate of drug-likeness (QED) is 0.0134. The molecule has 3 heterocycles. The number of hydrogen-bond donors (Lipinski definition) is 11. The van der Waals surface area contributed by atoms with Crippen LogP contribution in [0.5, 0.6) is 11.5 Å². The van der Waals surface area contributed by atoms with Gasteiger partial charge in [-0.3, -0.25) is 33.4 Å². The maximum atomic E-state index is 13.7. The number of aryl methyl sites for hydroxylation is 3.